The van der Waals surface area contributed by atoms with Crippen LogP contribution in [0.4, 0.5) is 0 Å². The van der Waals surface area contributed by atoms with Crippen LogP contribution in [0.5, 0.6) is 11.5 Å². The van der Waals surface area contributed by atoms with Crippen LogP contribution in [0.15, 0.2) is 78.9 Å². The number of carbonyl (C=O) groups excluding carboxylic acids is 1. The third-order valence-electron chi connectivity index (χ3n) is 4.48. The monoisotopic (exact) mass is 375 g/mol. The Hall–Kier alpha value is -3.27. The van der Waals surface area contributed by atoms with Gasteiger partial charge >= 0.3 is 0 Å². The maximum atomic E-state index is 12.1. The zero-order valence-corrected chi connectivity index (χ0v) is 16.1. The molecule has 28 heavy (non-hydrogen) atoms. The van der Waals surface area contributed by atoms with Crippen LogP contribution in [-0.4, -0.2) is 13.0 Å². The standard InChI is InChI=1S/C24H25NO3/c1-27-23-10-6-5-9-21(23)13-16-24(26)25-17-19-11-14-22(15-12-19)28-18-20-7-3-2-4-8-20/h2-12,14-15H,13,16-18H2,1H3,(H,25,26). The summed E-state index contributed by atoms with van der Waals surface area (Å²) in [5.41, 5.74) is 3.21. The molecule has 4 nitrogen and oxygen atoms in total. The number of amides is 1. The first-order chi connectivity index (χ1) is 13.7. The smallest absolute Gasteiger partial charge is 0.220 e. The summed E-state index contributed by atoms with van der Waals surface area (Å²) in [4.78, 5) is 12.1. The van der Waals surface area contributed by atoms with E-state index in [1.165, 1.54) is 0 Å². The molecular formula is C24H25NO3. The Bertz CT molecular complexity index is 876. The third-order valence-corrected chi connectivity index (χ3v) is 4.48. The maximum Gasteiger partial charge on any atom is 0.220 e. The molecule has 1 amide bonds. The van der Waals surface area contributed by atoms with Crippen molar-refractivity contribution in [2.45, 2.75) is 26.0 Å². The van der Waals surface area contributed by atoms with Gasteiger partial charge in [-0.25, -0.2) is 0 Å². The highest BCUT2D eigenvalue weighted by Crippen LogP contribution is 2.19. The van der Waals surface area contributed by atoms with Crippen molar-refractivity contribution in [1.82, 2.24) is 5.32 Å². The third kappa shape index (κ3) is 5.88. The number of rotatable bonds is 9. The SMILES string of the molecule is COc1ccccc1CCC(=O)NCc1ccc(OCc2ccccc2)cc1. The van der Waals surface area contributed by atoms with Gasteiger partial charge in [-0.2, -0.15) is 0 Å². The summed E-state index contributed by atoms with van der Waals surface area (Å²) in [5, 5.41) is 2.96. The molecule has 0 spiro atoms. The van der Waals surface area contributed by atoms with E-state index in [-0.39, 0.29) is 5.91 Å². The summed E-state index contributed by atoms with van der Waals surface area (Å²) < 4.78 is 11.1. The minimum Gasteiger partial charge on any atom is -0.496 e. The first-order valence-electron chi connectivity index (χ1n) is 9.39. The molecule has 0 atom stereocenters. The molecule has 0 aliphatic heterocycles. The van der Waals surface area contributed by atoms with Crippen LogP contribution >= 0.6 is 0 Å². The van der Waals surface area contributed by atoms with Crippen molar-refractivity contribution in [2.24, 2.45) is 0 Å². The topological polar surface area (TPSA) is 47.6 Å². The predicted molar refractivity (Wildman–Crippen MR) is 110 cm³/mol. The van der Waals surface area contributed by atoms with Crippen LogP contribution in [0.1, 0.15) is 23.1 Å². The molecule has 0 saturated heterocycles. The number of benzene rings is 3. The Morgan fingerprint density at radius 2 is 1.57 bits per heavy atom. The Morgan fingerprint density at radius 1 is 0.857 bits per heavy atom. The van der Waals surface area contributed by atoms with E-state index in [2.05, 4.69) is 5.32 Å². The van der Waals surface area contributed by atoms with E-state index in [0.717, 1.165) is 28.2 Å². The van der Waals surface area contributed by atoms with Crippen molar-refractivity contribution >= 4 is 5.91 Å². The van der Waals surface area contributed by atoms with Gasteiger partial charge in [0.15, 0.2) is 0 Å². The fourth-order valence-electron chi connectivity index (χ4n) is 2.89. The number of aryl methyl sites for hydroxylation is 1. The van der Waals surface area contributed by atoms with E-state index < -0.39 is 0 Å². The van der Waals surface area contributed by atoms with Gasteiger partial charge in [-0.1, -0.05) is 60.7 Å². The zero-order chi connectivity index (χ0) is 19.6. The Balaban J connectivity index is 1.42. The Morgan fingerprint density at radius 3 is 2.32 bits per heavy atom. The van der Waals surface area contributed by atoms with Gasteiger partial charge in [0, 0.05) is 13.0 Å². The molecule has 0 aliphatic carbocycles. The van der Waals surface area contributed by atoms with Crippen molar-refractivity contribution in [3.8, 4) is 11.5 Å². The molecule has 0 radical (unpaired) electrons. The number of ether oxygens (including phenoxy) is 2. The first kappa shape index (κ1) is 19.5. The van der Waals surface area contributed by atoms with E-state index in [9.17, 15) is 4.79 Å². The lowest BCUT2D eigenvalue weighted by Gasteiger charge is -2.10. The van der Waals surface area contributed by atoms with Gasteiger partial charge in [-0.3, -0.25) is 4.79 Å². The van der Waals surface area contributed by atoms with Crippen LogP contribution in [0.2, 0.25) is 0 Å². The van der Waals surface area contributed by atoms with Gasteiger partial charge in [-0.15, -0.1) is 0 Å². The summed E-state index contributed by atoms with van der Waals surface area (Å²) in [6.07, 6.45) is 1.08. The van der Waals surface area contributed by atoms with E-state index in [1.54, 1.807) is 7.11 Å². The summed E-state index contributed by atoms with van der Waals surface area (Å²) in [6, 6.07) is 25.6. The lowest BCUT2D eigenvalue weighted by atomic mass is 10.1. The quantitative estimate of drug-likeness (QED) is 0.598. The molecule has 0 bridgehead atoms. The van der Waals surface area contributed by atoms with Crippen molar-refractivity contribution < 1.29 is 14.3 Å². The maximum absolute atomic E-state index is 12.1. The minimum absolute atomic E-state index is 0.0234. The van der Waals surface area contributed by atoms with Gasteiger partial charge in [0.2, 0.25) is 5.91 Å². The Labute approximate surface area is 166 Å². The van der Waals surface area contributed by atoms with Gasteiger partial charge < -0.3 is 14.8 Å². The van der Waals surface area contributed by atoms with Crippen molar-refractivity contribution in [3.63, 3.8) is 0 Å². The van der Waals surface area contributed by atoms with Crippen molar-refractivity contribution in [2.75, 3.05) is 7.11 Å². The van der Waals surface area contributed by atoms with Crippen LogP contribution in [0.3, 0.4) is 0 Å². The largest absolute Gasteiger partial charge is 0.496 e. The highest BCUT2D eigenvalue weighted by molar-refractivity contribution is 5.76. The second kappa shape index (κ2) is 10.2. The number of hydrogen-bond acceptors (Lipinski definition) is 3. The lowest BCUT2D eigenvalue weighted by molar-refractivity contribution is -0.121. The van der Waals surface area contributed by atoms with Crippen LogP contribution < -0.4 is 14.8 Å². The van der Waals surface area contributed by atoms with E-state index in [1.807, 2.05) is 78.9 Å². The Kier molecular flexibility index (Phi) is 7.08. The zero-order valence-electron chi connectivity index (χ0n) is 16.1. The molecule has 0 aliphatic rings. The molecule has 4 heteroatoms. The van der Waals surface area contributed by atoms with Gasteiger partial charge in [0.1, 0.15) is 18.1 Å². The highest BCUT2D eigenvalue weighted by Gasteiger charge is 2.06. The van der Waals surface area contributed by atoms with Crippen LogP contribution in [0.25, 0.3) is 0 Å². The second-order valence-corrected chi connectivity index (χ2v) is 6.51. The molecule has 0 saturated carbocycles. The van der Waals surface area contributed by atoms with Gasteiger partial charge in [-0.05, 0) is 41.3 Å². The summed E-state index contributed by atoms with van der Waals surface area (Å²) in [5.74, 6) is 1.66. The van der Waals surface area contributed by atoms with Crippen LogP contribution in [0, 0.1) is 0 Å². The number of carbonyl (C=O) groups is 1. The fraction of sp³-hybridized carbons (Fsp3) is 0.208. The number of para-hydroxylation sites is 1. The molecule has 144 valence electrons. The van der Waals surface area contributed by atoms with Crippen molar-refractivity contribution in [3.05, 3.63) is 95.6 Å². The molecule has 3 rings (SSSR count). The number of methoxy groups -OCH3 is 1. The average Bonchev–Trinajstić information content (AvgIpc) is 2.76. The normalized spacial score (nSPS) is 10.3. The number of hydrogen-bond donors (Lipinski definition) is 1. The molecule has 1 N–H and O–H groups in total. The highest BCUT2D eigenvalue weighted by atomic mass is 16.5. The van der Waals surface area contributed by atoms with E-state index in [0.29, 0.717) is 26.0 Å². The summed E-state index contributed by atoms with van der Waals surface area (Å²) >= 11 is 0. The predicted octanol–water partition coefficient (Wildman–Crippen LogP) is 4.52. The molecule has 3 aromatic carbocycles. The van der Waals surface area contributed by atoms with Crippen LogP contribution in [-0.2, 0) is 24.4 Å². The fourth-order valence-corrected chi connectivity index (χ4v) is 2.89. The summed E-state index contributed by atoms with van der Waals surface area (Å²) in [6.45, 7) is 1.05. The number of nitrogens with one attached hydrogen (secondary N) is 1. The summed E-state index contributed by atoms with van der Waals surface area (Å²) in [7, 11) is 1.64. The van der Waals surface area contributed by atoms with Gasteiger partial charge in [0.25, 0.3) is 0 Å². The second-order valence-electron chi connectivity index (χ2n) is 6.51. The van der Waals surface area contributed by atoms with Gasteiger partial charge in [0.05, 0.1) is 7.11 Å². The molecule has 3 aromatic rings. The molecular weight excluding hydrogens is 350 g/mol. The molecule has 0 heterocycles. The molecule has 0 fully saturated rings. The first-order valence-corrected chi connectivity index (χ1v) is 9.39. The lowest BCUT2D eigenvalue weighted by Crippen LogP contribution is -2.23. The molecule has 0 aromatic heterocycles. The minimum atomic E-state index is 0.0234. The van der Waals surface area contributed by atoms with E-state index in [4.69, 9.17) is 9.47 Å². The molecule has 0 unspecified atom stereocenters. The van der Waals surface area contributed by atoms with Crippen molar-refractivity contribution in [1.29, 1.82) is 0 Å². The average molecular weight is 375 g/mol. The van der Waals surface area contributed by atoms with E-state index >= 15 is 0 Å².